The normalized spacial score (nSPS) is 34.6. The number of fused-ring (bicyclic) bond motifs is 2. The van der Waals surface area contributed by atoms with Crippen LogP contribution in [0, 0.1) is 5.92 Å². The van der Waals surface area contributed by atoms with E-state index in [0.29, 0.717) is 12.0 Å². The molecule has 0 saturated carbocycles. The van der Waals surface area contributed by atoms with Gasteiger partial charge in [0, 0.05) is 24.7 Å². The highest BCUT2D eigenvalue weighted by Crippen LogP contribution is 2.54. The zero-order valence-corrected chi connectivity index (χ0v) is 15.0. The van der Waals surface area contributed by atoms with Crippen molar-refractivity contribution < 1.29 is 14.2 Å². The number of benzene rings is 1. The van der Waals surface area contributed by atoms with Crippen LogP contribution in [0.15, 0.2) is 30.0 Å². The molecule has 2 saturated heterocycles. The molecule has 0 N–H and O–H groups in total. The Bertz CT molecular complexity index is 671. The van der Waals surface area contributed by atoms with Gasteiger partial charge in [-0.25, -0.2) is 0 Å². The molecule has 4 nitrogen and oxygen atoms in total. The number of ether oxygens (including phenoxy) is 3. The Kier molecular flexibility index (Phi) is 3.75. The van der Waals surface area contributed by atoms with Crippen molar-refractivity contribution >= 4 is 0 Å². The molecule has 0 radical (unpaired) electrons. The van der Waals surface area contributed by atoms with Gasteiger partial charge in [-0.2, -0.15) is 0 Å². The highest BCUT2D eigenvalue weighted by Gasteiger charge is 2.51. The minimum Gasteiger partial charge on any atom is -0.493 e. The van der Waals surface area contributed by atoms with E-state index in [9.17, 15) is 0 Å². The van der Waals surface area contributed by atoms with E-state index < -0.39 is 0 Å². The molecule has 1 unspecified atom stereocenters. The summed E-state index contributed by atoms with van der Waals surface area (Å²) in [5.41, 5.74) is 2.85. The van der Waals surface area contributed by atoms with Gasteiger partial charge in [-0.1, -0.05) is 6.07 Å². The van der Waals surface area contributed by atoms with E-state index in [-0.39, 0.29) is 11.5 Å². The van der Waals surface area contributed by atoms with Crippen molar-refractivity contribution in [1.29, 1.82) is 0 Å². The minimum absolute atomic E-state index is 0.0862. The number of allylic oxidation sites excluding steroid dienone is 1. The molecule has 4 atom stereocenters. The molecular weight excluding hydrogens is 302 g/mol. The molecule has 4 rings (SSSR count). The molecule has 2 heterocycles. The molecule has 2 fully saturated rings. The minimum atomic E-state index is 0.0862. The van der Waals surface area contributed by atoms with Gasteiger partial charge >= 0.3 is 0 Å². The van der Waals surface area contributed by atoms with E-state index in [2.05, 4.69) is 37.1 Å². The summed E-state index contributed by atoms with van der Waals surface area (Å²) < 4.78 is 17.1. The molecule has 24 heavy (non-hydrogen) atoms. The standard InChI is InChI=1S/C20H27NO3/c1-13-9-14-12-20(7-8-21(2)19(20)11-17(14)24-13)15-5-6-16(22-3)18(10-15)23-4/h5-6,10-11,13-14,17H,7-9,12H2,1-4H3/t13?,14-,17-,20+/m0/s1. The van der Waals surface area contributed by atoms with Gasteiger partial charge in [-0.3, -0.25) is 0 Å². The van der Waals surface area contributed by atoms with Crippen LogP contribution in [0.1, 0.15) is 31.7 Å². The van der Waals surface area contributed by atoms with E-state index in [4.69, 9.17) is 14.2 Å². The predicted octanol–water partition coefficient (Wildman–Crippen LogP) is 3.36. The van der Waals surface area contributed by atoms with Gasteiger partial charge in [0.05, 0.1) is 26.4 Å². The first kappa shape index (κ1) is 15.8. The Labute approximate surface area is 144 Å². The molecule has 1 aromatic rings. The molecular formula is C20H27NO3. The summed E-state index contributed by atoms with van der Waals surface area (Å²) in [4.78, 5) is 2.40. The van der Waals surface area contributed by atoms with Crippen molar-refractivity contribution in [2.24, 2.45) is 5.92 Å². The van der Waals surface area contributed by atoms with Gasteiger partial charge in [0.2, 0.25) is 0 Å². The van der Waals surface area contributed by atoms with Crippen molar-refractivity contribution in [3.63, 3.8) is 0 Å². The first-order valence-electron chi connectivity index (χ1n) is 8.89. The lowest BCUT2D eigenvalue weighted by molar-refractivity contribution is 0.0639. The quantitative estimate of drug-likeness (QED) is 0.851. The van der Waals surface area contributed by atoms with Crippen LogP contribution >= 0.6 is 0 Å². The van der Waals surface area contributed by atoms with E-state index >= 15 is 0 Å². The summed E-state index contributed by atoms with van der Waals surface area (Å²) >= 11 is 0. The maximum Gasteiger partial charge on any atom is 0.161 e. The van der Waals surface area contributed by atoms with Gasteiger partial charge in [-0.15, -0.1) is 0 Å². The fraction of sp³-hybridized carbons (Fsp3) is 0.600. The molecule has 4 heteroatoms. The van der Waals surface area contributed by atoms with Crippen molar-refractivity contribution in [3.05, 3.63) is 35.5 Å². The third-order valence-corrected chi connectivity index (χ3v) is 6.13. The van der Waals surface area contributed by atoms with Gasteiger partial charge in [-0.05, 0) is 55.9 Å². The van der Waals surface area contributed by atoms with Crippen molar-refractivity contribution in [2.75, 3.05) is 27.8 Å². The van der Waals surface area contributed by atoms with Crippen LogP contribution in [-0.4, -0.2) is 44.9 Å². The van der Waals surface area contributed by atoms with Crippen molar-refractivity contribution in [1.82, 2.24) is 4.90 Å². The molecule has 0 aromatic heterocycles. The molecule has 0 amide bonds. The van der Waals surface area contributed by atoms with E-state index in [0.717, 1.165) is 37.3 Å². The number of methoxy groups -OCH3 is 2. The summed E-state index contributed by atoms with van der Waals surface area (Å²) in [6.07, 6.45) is 6.51. The zero-order chi connectivity index (χ0) is 16.9. The maximum absolute atomic E-state index is 6.14. The molecule has 1 aromatic carbocycles. The van der Waals surface area contributed by atoms with E-state index in [1.54, 1.807) is 14.2 Å². The zero-order valence-electron chi connectivity index (χ0n) is 15.0. The average molecular weight is 329 g/mol. The Balaban J connectivity index is 1.79. The largest absolute Gasteiger partial charge is 0.493 e. The first-order chi connectivity index (χ1) is 11.6. The summed E-state index contributed by atoms with van der Waals surface area (Å²) in [5, 5.41) is 0. The smallest absolute Gasteiger partial charge is 0.161 e. The highest BCUT2D eigenvalue weighted by atomic mass is 16.5. The number of hydrogen-bond acceptors (Lipinski definition) is 4. The van der Waals surface area contributed by atoms with E-state index in [1.165, 1.54) is 11.3 Å². The second-order valence-corrected chi connectivity index (χ2v) is 7.49. The Morgan fingerprint density at radius 1 is 1.21 bits per heavy atom. The molecule has 3 aliphatic rings. The molecule has 0 bridgehead atoms. The van der Waals surface area contributed by atoms with Gasteiger partial charge < -0.3 is 19.1 Å². The van der Waals surface area contributed by atoms with Gasteiger partial charge in [0.1, 0.15) is 0 Å². The van der Waals surface area contributed by atoms with Crippen LogP contribution in [0.25, 0.3) is 0 Å². The molecule has 130 valence electrons. The number of likely N-dealkylation sites (N-methyl/N-ethyl adjacent to an activating group) is 1. The lowest BCUT2D eigenvalue weighted by Crippen LogP contribution is -2.37. The third kappa shape index (κ3) is 2.23. The monoisotopic (exact) mass is 329 g/mol. The number of rotatable bonds is 3. The molecule has 2 aliphatic heterocycles. The maximum atomic E-state index is 6.14. The van der Waals surface area contributed by atoms with Crippen LogP contribution in [0.5, 0.6) is 11.5 Å². The lowest BCUT2D eigenvalue weighted by atomic mass is 9.66. The Hall–Kier alpha value is -1.68. The van der Waals surface area contributed by atoms with Gasteiger partial charge in [0.15, 0.2) is 11.5 Å². The SMILES string of the molecule is COc1ccc([C@]23CCN(C)C2=C[C@@H]2OC(C)C[C@H]2C3)cc1OC. The molecule has 0 spiro atoms. The van der Waals surface area contributed by atoms with Crippen LogP contribution in [0.3, 0.4) is 0 Å². The summed E-state index contributed by atoms with van der Waals surface area (Å²) in [7, 11) is 5.60. The first-order valence-corrected chi connectivity index (χ1v) is 8.89. The fourth-order valence-corrected chi connectivity index (χ4v) is 4.98. The van der Waals surface area contributed by atoms with Crippen LogP contribution < -0.4 is 9.47 Å². The number of hydrogen-bond donors (Lipinski definition) is 0. The Morgan fingerprint density at radius 2 is 2.00 bits per heavy atom. The highest BCUT2D eigenvalue weighted by molar-refractivity contribution is 5.50. The van der Waals surface area contributed by atoms with Crippen LogP contribution in [0.2, 0.25) is 0 Å². The van der Waals surface area contributed by atoms with Crippen molar-refractivity contribution in [2.45, 2.75) is 43.8 Å². The number of nitrogens with zero attached hydrogens (tertiary/aromatic N) is 1. The lowest BCUT2D eigenvalue weighted by Gasteiger charge is -2.40. The third-order valence-electron chi connectivity index (χ3n) is 6.13. The fourth-order valence-electron chi connectivity index (χ4n) is 4.98. The Morgan fingerprint density at radius 3 is 2.75 bits per heavy atom. The number of likely N-dealkylation sites (tertiary alicyclic amines) is 1. The van der Waals surface area contributed by atoms with Crippen molar-refractivity contribution in [3.8, 4) is 11.5 Å². The summed E-state index contributed by atoms with van der Waals surface area (Å²) in [6, 6.07) is 6.43. The topological polar surface area (TPSA) is 30.9 Å². The predicted molar refractivity (Wildman–Crippen MR) is 93.6 cm³/mol. The summed E-state index contributed by atoms with van der Waals surface area (Å²) in [6.45, 7) is 3.29. The van der Waals surface area contributed by atoms with Crippen LogP contribution in [0.4, 0.5) is 0 Å². The molecule has 1 aliphatic carbocycles. The second-order valence-electron chi connectivity index (χ2n) is 7.49. The van der Waals surface area contributed by atoms with E-state index in [1.807, 2.05) is 6.07 Å². The summed E-state index contributed by atoms with van der Waals surface area (Å²) in [5.74, 6) is 2.22. The average Bonchev–Trinajstić information content (AvgIpc) is 3.11. The van der Waals surface area contributed by atoms with Gasteiger partial charge in [0.25, 0.3) is 0 Å². The second kappa shape index (κ2) is 5.69. The van der Waals surface area contributed by atoms with Crippen LogP contribution in [-0.2, 0) is 10.2 Å².